The molecule has 1 aliphatic heterocycles. The molecule has 3 rings (SSSR count). The van der Waals surface area contributed by atoms with E-state index >= 15 is 0 Å². The monoisotopic (exact) mass is 354 g/mol. The van der Waals surface area contributed by atoms with Gasteiger partial charge >= 0.3 is 0 Å². The average molecular weight is 355 g/mol. The number of halogens is 2. The Bertz CT molecular complexity index is 670. The molecule has 1 aliphatic rings. The number of aromatic nitrogens is 2. The molecule has 1 aromatic heterocycles. The maximum absolute atomic E-state index is 13.1. The number of anilines is 1. The van der Waals surface area contributed by atoms with E-state index in [0.717, 1.165) is 19.4 Å². The van der Waals surface area contributed by atoms with Gasteiger partial charge in [0.15, 0.2) is 0 Å². The summed E-state index contributed by atoms with van der Waals surface area (Å²) in [6, 6.07) is 4.19. The molecule has 2 heterocycles. The van der Waals surface area contributed by atoms with Crippen molar-refractivity contribution in [2.75, 3.05) is 11.9 Å². The van der Waals surface area contributed by atoms with Crippen molar-refractivity contribution in [1.82, 2.24) is 15.5 Å². The zero-order chi connectivity index (χ0) is 14.8. The maximum Gasteiger partial charge on any atom is 0.297 e. The number of nitrogens with one attached hydrogen (secondary N) is 2. The number of hydrogen-bond donors (Lipinski definition) is 2. The third-order valence-electron chi connectivity index (χ3n) is 3.18. The Morgan fingerprint density at radius 2 is 2.38 bits per heavy atom. The van der Waals surface area contributed by atoms with Gasteiger partial charge in [-0.25, -0.2) is 4.39 Å². The Hall–Kier alpha value is -1.80. The van der Waals surface area contributed by atoms with E-state index in [1.54, 1.807) is 0 Å². The van der Waals surface area contributed by atoms with Gasteiger partial charge in [-0.1, -0.05) is 5.16 Å². The molecule has 0 saturated carbocycles. The van der Waals surface area contributed by atoms with E-state index in [1.807, 2.05) is 0 Å². The molecule has 21 heavy (non-hydrogen) atoms. The van der Waals surface area contributed by atoms with Crippen LogP contribution in [0.15, 0.2) is 27.2 Å². The fourth-order valence-electron chi connectivity index (χ4n) is 2.13. The molecule has 1 atom stereocenters. The molecule has 1 saturated heterocycles. The van der Waals surface area contributed by atoms with E-state index in [-0.39, 0.29) is 16.3 Å². The molecule has 1 amide bonds. The van der Waals surface area contributed by atoms with Gasteiger partial charge in [0.25, 0.3) is 11.7 Å². The van der Waals surface area contributed by atoms with Crippen LogP contribution < -0.4 is 10.6 Å². The first-order valence-corrected chi connectivity index (χ1v) is 7.26. The number of carbonyl (C=O) groups excluding carboxylic acids is 1. The van der Waals surface area contributed by atoms with Crippen molar-refractivity contribution >= 4 is 27.5 Å². The van der Waals surface area contributed by atoms with Gasteiger partial charge in [0.1, 0.15) is 5.82 Å². The van der Waals surface area contributed by atoms with E-state index in [2.05, 4.69) is 36.7 Å². The molecule has 1 fully saturated rings. The Balaban J connectivity index is 1.71. The number of nitrogens with zero attached hydrogens (tertiary/aromatic N) is 2. The van der Waals surface area contributed by atoms with Gasteiger partial charge < -0.3 is 15.2 Å². The molecule has 0 bridgehead atoms. The third-order valence-corrected chi connectivity index (χ3v) is 3.79. The number of rotatable bonds is 3. The second-order valence-electron chi connectivity index (χ2n) is 4.69. The maximum atomic E-state index is 13.1. The zero-order valence-electron chi connectivity index (χ0n) is 10.9. The third kappa shape index (κ3) is 3.11. The van der Waals surface area contributed by atoms with Crippen LogP contribution in [0.2, 0.25) is 0 Å². The fourth-order valence-corrected chi connectivity index (χ4v) is 2.50. The highest BCUT2D eigenvalue weighted by Gasteiger charge is 2.24. The molecule has 1 unspecified atom stereocenters. The van der Waals surface area contributed by atoms with Gasteiger partial charge in [0.05, 0.1) is 10.5 Å². The summed E-state index contributed by atoms with van der Waals surface area (Å²) in [5, 5.41) is 9.47. The molecule has 1 aromatic carbocycles. The van der Waals surface area contributed by atoms with Gasteiger partial charge in [-0.15, -0.1) is 0 Å². The van der Waals surface area contributed by atoms with Crippen molar-refractivity contribution in [2.45, 2.75) is 18.9 Å². The van der Waals surface area contributed by atoms with Crippen LogP contribution in [0.1, 0.15) is 35.4 Å². The molecular weight excluding hydrogens is 343 g/mol. The molecule has 0 radical (unpaired) electrons. The topological polar surface area (TPSA) is 80.0 Å². The molecule has 110 valence electrons. The van der Waals surface area contributed by atoms with E-state index in [9.17, 15) is 9.18 Å². The molecule has 6 nitrogen and oxygen atoms in total. The Morgan fingerprint density at radius 3 is 3.10 bits per heavy atom. The van der Waals surface area contributed by atoms with Gasteiger partial charge in [-0.05, 0) is 53.5 Å². The van der Waals surface area contributed by atoms with Crippen LogP contribution in [0.5, 0.6) is 0 Å². The number of hydrogen-bond acceptors (Lipinski definition) is 5. The van der Waals surface area contributed by atoms with Crippen molar-refractivity contribution in [3.8, 4) is 0 Å². The van der Waals surface area contributed by atoms with Gasteiger partial charge in [0, 0.05) is 5.69 Å². The van der Waals surface area contributed by atoms with Crippen LogP contribution in [-0.4, -0.2) is 22.6 Å². The largest absolute Gasteiger partial charge is 0.337 e. The van der Waals surface area contributed by atoms with E-state index < -0.39 is 11.7 Å². The standard InChI is InChI=1S/C13H12BrFN4O2/c14-8-6-7(3-4-9(8)15)17-12(20)11-18-13(21-19-11)10-2-1-5-16-10/h3-4,6,10,16H,1-2,5H2,(H,17,20). The summed E-state index contributed by atoms with van der Waals surface area (Å²) < 4.78 is 18.5. The number of amides is 1. The van der Waals surface area contributed by atoms with Crippen molar-refractivity contribution in [3.63, 3.8) is 0 Å². The van der Waals surface area contributed by atoms with Gasteiger partial charge in [-0.2, -0.15) is 4.98 Å². The van der Waals surface area contributed by atoms with Crippen LogP contribution in [0.3, 0.4) is 0 Å². The van der Waals surface area contributed by atoms with Crippen LogP contribution >= 0.6 is 15.9 Å². The molecule has 0 spiro atoms. The quantitative estimate of drug-likeness (QED) is 0.885. The van der Waals surface area contributed by atoms with E-state index in [0.29, 0.717) is 11.6 Å². The van der Waals surface area contributed by atoms with E-state index in [4.69, 9.17) is 4.52 Å². The van der Waals surface area contributed by atoms with Crippen molar-refractivity contribution < 1.29 is 13.7 Å². The lowest BCUT2D eigenvalue weighted by atomic mass is 10.2. The highest BCUT2D eigenvalue weighted by atomic mass is 79.9. The summed E-state index contributed by atoms with van der Waals surface area (Å²) in [6.45, 7) is 0.901. The Morgan fingerprint density at radius 1 is 1.52 bits per heavy atom. The van der Waals surface area contributed by atoms with Crippen LogP contribution in [0.4, 0.5) is 10.1 Å². The predicted molar refractivity (Wildman–Crippen MR) is 76.3 cm³/mol. The lowest BCUT2D eigenvalue weighted by Crippen LogP contribution is -2.15. The summed E-state index contributed by atoms with van der Waals surface area (Å²) in [6.07, 6.45) is 1.95. The van der Waals surface area contributed by atoms with Crippen LogP contribution in [-0.2, 0) is 0 Å². The fraction of sp³-hybridized carbons (Fsp3) is 0.308. The highest BCUT2D eigenvalue weighted by Crippen LogP contribution is 2.22. The SMILES string of the molecule is O=C(Nc1ccc(F)c(Br)c1)c1noc(C2CCCN2)n1. The minimum Gasteiger partial charge on any atom is -0.337 e. The number of carbonyl (C=O) groups is 1. The first kappa shape index (κ1) is 14.2. The lowest BCUT2D eigenvalue weighted by Gasteiger charge is -2.03. The molecule has 2 N–H and O–H groups in total. The summed E-state index contributed by atoms with van der Waals surface area (Å²) in [5.74, 6) is -0.527. The van der Waals surface area contributed by atoms with Crippen molar-refractivity contribution in [3.05, 3.63) is 40.2 Å². The number of benzene rings is 1. The first-order chi connectivity index (χ1) is 10.1. The predicted octanol–water partition coefficient (Wildman–Crippen LogP) is 2.65. The van der Waals surface area contributed by atoms with Crippen LogP contribution in [0.25, 0.3) is 0 Å². The Labute approximate surface area is 128 Å². The highest BCUT2D eigenvalue weighted by molar-refractivity contribution is 9.10. The van der Waals surface area contributed by atoms with Crippen LogP contribution in [0, 0.1) is 5.82 Å². The van der Waals surface area contributed by atoms with Crippen molar-refractivity contribution in [1.29, 1.82) is 0 Å². The zero-order valence-corrected chi connectivity index (χ0v) is 12.5. The minimum atomic E-state index is -0.499. The van der Waals surface area contributed by atoms with Gasteiger partial charge in [0.2, 0.25) is 5.89 Å². The summed E-state index contributed by atoms with van der Waals surface area (Å²) >= 11 is 3.06. The average Bonchev–Trinajstić information content (AvgIpc) is 3.12. The smallest absolute Gasteiger partial charge is 0.297 e. The normalized spacial score (nSPS) is 17.9. The summed E-state index contributed by atoms with van der Waals surface area (Å²) in [4.78, 5) is 16.1. The lowest BCUT2D eigenvalue weighted by molar-refractivity contribution is 0.101. The molecule has 2 aromatic rings. The second kappa shape index (κ2) is 5.90. The molecule has 0 aliphatic carbocycles. The van der Waals surface area contributed by atoms with Crippen molar-refractivity contribution in [2.24, 2.45) is 0 Å². The minimum absolute atomic E-state index is 0.0130. The molecular formula is C13H12BrFN4O2. The summed E-state index contributed by atoms with van der Waals surface area (Å²) in [7, 11) is 0. The first-order valence-electron chi connectivity index (χ1n) is 6.47. The molecule has 8 heteroatoms. The van der Waals surface area contributed by atoms with Gasteiger partial charge in [-0.3, -0.25) is 4.79 Å². The summed E-state index contributed by atoms with van der Waals surface area (Å²) in [5.41, 5.74) is 0.443. The Kier molecular flexibility index (Phi) is 3.98. The second-order valence-corrected chi connectivity index (χ2v) is 5.54. The van der Waals surface area contributed by atoms with E-state index in [1.165, 1.54) is 18.2 Å².